The van der Waals surface area contributed by atoms with Gasteiger partial charge in [-0.15, -0.1) is 11.3 Å². The van der Waals surface area contributed by atoms with Gasteiger partial charge in [0.1, 0.15) is 5.00 Å². The van der Waals surface area contributed by atoms with Gasteiger partial charge in [-0.3, -0.25) is 14.1 Å². The molecule has 15 heteroatoms. The van der Waals surface area contributed by atoms with Gasteiger partial charge < -0.3 is 5.32 Å². The average molecular weight is 620 g/mol. The lowest BCUT2D eigenvalue weighted by Gasteiger charge is -2.09. The second kappa shape index (κ2) is 13.0. The van der Waals surface area contributed by atoms with Crippen molar-refractivity contribution in [2.24, 2.45) is 5.10 Å². The van der Waals surface area contributed by atoms with Gasteiger partial charge in [0.2, 0.25) is 0 Å². The number of amides is 2. The monoisotopic (exact) mass is 619 g/mol. The van der Waals surface area contributed by atoms with E-state index in [9.17, 15) is 31.2 Å². The number of carbonyl (C=O) groups is 2. The lowest BCUT2D eigenvalue weighted by Crippen LogP contribution is -2.21. The fraction of sp³-hybridized carbons (Fsp3) is 0.208. The Hall–Kier alpha value is -2.91. The molecule has 0 saturated carbocycles. The number of carbonyl (C=O) groups excluding carboxylic acids is 2. The van der Waals surface area contributed by atoms with Gasteiger partial charge in [-0.1, -0.05) is 29.8 Å². The minimum atomic E-state index is -4.65. The van der Waals surface area contributed by atoms with E-state index < -0.39 is 38.7 Å². The highest BCUT2D eigenvalue weighted by Crippen LogP contribution is 2.35. The number of aryl methyl sites for hydroxylation is 1. The number of alkyl halides is 3. The van der Waals surface area contributed by atoms with Crippen LogP contribution in [-0.4, -0.2) is 42.5 Å². The Morgan fingerprint density at radius 2 is 1.92 bits per heavy atom. The van der Waals surface area contributed by atoms with Crippen LogP contribution in [0.4, 0.5) is 18.2 Å². The van der Waals surface area contributed by atoms with Crippen molar-refractivity contribution in [2.75, 3.05) is 16.8 Å². The number of thiophene rings is 1. The van der Waals surface area contributed by atoms with Crippen molar-refractivity contribution in [1.29, 1.82) is 0 Å². The first-order valence-electron chi connectivity index (χ1n) is 11.0. The molecule has 39 heavy (non-hydrogen) atoms. The Morgan fingerprint density at radius 1 is 1.18 bits per heavy atom. The van der Waals surface area contributed by atoms with Crippen molar-refractivity contribution in [3.8, 4) is 0 Å². The summed E-state index contributed by atoms with van der Waals surface area (Å²) in [6.45, 7) is 1.66. The van der Waals surface area contributed by atoms with Crippen LogP contribution < -0.4 is 10.7 Å². The van der Waals surface area contributed by atoms with E-state index in [1.165, 1.54) is 17.8 Å². The molecule has 0 aliphatic rings. The first-order chi connectivity index (χ1) is 18.2. The van der Waals surface area contributed by atoms with Gasteiger partial charge in [0, 0.05) is 17.1 Å². The number of nitrogens with one attached hydrogen (secondary N) is 2. The molecule has 208 valence electrons. The van der Waals surface area contributed by atoms with Crippen LogP contribution in [-0.2, 0) is 22.0 Å². The number of rotatable bonds is 10. The number of hydrogen-bond donors (Lipinski definition) is 3. The zero-order chi connectivity index (χ0) is 28.8. The minimum absolute atomic E-state index is 0.0682. The Bertz CT molecular complexity index is 1510. The Morgan fingerprint density at radius 3 is 2.62 bits per heavy atom. The van der Waals surface area contributed by atoms with E-state index in [4.69, 9.17) is 16.2 Å². The van der Waals surface area contributed by atoms with Crippen molar-refractivity contribution in [2.45, 2.75) is 18.9 Å². The molecule has 0 aliphatic carbocycles. The number of benzene rings is 2. The maximum atomic E-state index is 13.1. The number of thioether (sulfide) groups is 1. The van der Waals surface area contributed by atoms with E-state index >= 15 is 0 Å². The maximum absolute atomic E-state index is 13.1. The summed E-state index contributed by atoms with van der Waals surface area (Å²) >= 11 is 8.00. The smallest absolute Gasteiger partial charge is 0.313 e. The van der Waals surface area contributed by atoms with E-state index in [1.807, 2.05) is 0 Å². The number of nitrogens with zero attached hydrogens (tertiary/aromatic N) is 1. The third-order valence-electron chi connectivity index (χ3n) is 5.05. The van der Waals surface area contributed by atoms with Gasteiger partial charge >= 0.3 is 6.18 Å². The molecule has 0 aliphatic heterocycles. The molecule has 0 spiro atoms. The van der Waals surface area contributed by atoms with E-state index in [0.717, 1.165) is 35.2 Å². The van der Waals surface area contributed by atoms with Crippen molar-refractivity contribution in [3.05, 3.63) is 86.2 Å². The largest absolute Gasteiger partial charge is 0.417 e. The second-order valence-corrected chi connectivity index (χ2v) is 12.0. The lowest BCUT2D eigenvalue weighted by molar-refractivity contribution is -0.137. The molecule has 0 unspecified atom stereocenters. The molecule has 3 aromatic rings. The molecule has 2 amide bonds. The molecule has 0 saturated heterocycles. The summed E-state index contributed by atoms with van der Waals surface area (Å²) in [4.78, 5) is 25.6. The fourth-order valence-corrected chi connectivity index (χ4v) is 6.25. The molecule has 0 atom stereocenters. The summed E-state index contributed by atoms with van der Waals surface area (Å²) in [5.74, 6) is -0.932. The molecular formula is C24H21ClF3N3O5S3. The third kappa shape index (κ3) is 9.07. The fourth-order valence-electron chi connectivity index (χ4n) is 3.21. The summed E-state index contributed by atoms with van der Waals surface area (Å²) in [5.41, 5.74) is 3.06. The first-order valence-corrected chi connectivity index (χ1v) is 15.0. The molecule has 0 bridgehead atoms. The topological polar surface area (TPSA) is 125 Å². The summed E-state index contributed by atoms with van der Waals surface area (Å²) < 4.78 is 69.6. The molecule has 1 heterocycles. The molecule has 8 nitrogen and oxygen atoms in total. The van der Waals surface area contributed by atoms with E-state index in [0.29, 0.717) is 16.9 Å². The van der Waals surface area contributed by atoms with Crippen molar-refractivity contribution >= 4 is 67.8 Å². The van der Waals surface area contributed by atoms with Crippen LogP contribution in [0.25, 0.3) is 0 Å². The highest BCUT2D eigenvalue weighted by molar-refractivity contribution is 7.99. The minimum Gasteiger partial charge on any atom is -0.313 e. The van der Waals surface area contributed by atoms with Crippen molar-refractivity contribution in [3.63, 3.8) is 0 Å². The van der Waals surface area contributed by atoms with Crippen LogP contribution in [0.15, 0.2) is 52.9 Å². The normalized spacial score (nSPS) is 12.1. The number of anilines is 1. The number of halogens is 4. The molecule has 0 radical (unpaired) electrons. The van der Waals surface area contributed by atoms with Gasteiger partial charge in [0.15, 0.2) is 0 Å². The van der Waals surface area contributed by atoms with Gasteiger partial charge in [-0.25, -0.2) is 5.43 Å². The van der Waals surface area contributed by atoms with E-state index in [-0.39, 0.29) is 27.6 Å². The summed E-state index contributed by atoms with van der Waals surface area (Å²) in [5, 5.41) is 7.88. The predicted molar refractivity (Wildman–Crippen MR) is 148 cm³/mol. The van der Waals surface area contributed by atoms with Crippen molar-refractivity contribution in [1.82, 2.24) is 5.43 Å². The Balaban J connectivity index is 1.66. The first kappa shape index (κ1) is 30.6. The van der Waals surface area contributed by atoms with Crippen LogP contribution in [0.3, 0.4) is 0 Å². The van der Waals surface area contributed by atoms with Gasteiger partial charge in [-0.2, -0.15) is 38.5 Å². The predicted octanol–water partition coefficient (Wildman–Crippen LogP) is 5.87. The number of hydrazone groups is 1. The van der Waals surface area contributed by atoms with Crippen LogP contribution in [0.2, 0.25) is 5.02 Å². The Labute approximate surface area is 235 Å². The molecule has 2 aromatic carbocycles. The average Bonchev–Trinajstić information content (AvgIpc) is 3.21. The zero-order valence-electron chi connectivity index (χ0n) is 20.1. The van der Waals surface area contributed by atoms with E-state index in [1.54, 1.807) is 36.6 Å². The molecule has 3 rings (SSSR count). The summed E-state index contributed by atoms with van der Waals surface area (Å²) in [7, 11) is -4.04. The third-order valence-corrected chi connectivity index (χ3v) is 8.40. The standard InChI is InChI=1S/C24H21ClF3N3O5S3/c1-14-12-38-23(30-21(32)17-4-2-3-16(9-17)13-37-7-8-39(34,35)36)20(14)22(33)31-29-11-15-5-6-19(25)18(10-15)24(26,27)28/h2-6,9-12H,7-8,13H2,1H3,(H,30,32)(H,31,33)(H,34,35,36)/b29-11-. The SMILES string of the molecule is Cc1csc(NC(=O)c2cccc(CSCCS(=O)(=O)O)c2)c1C(=O)N/N=C\c1ccc(Cl)c(C(F)(F)F)c1. The van der Waals surface area contributed by atoms with Gasteiger partial charge in [-0.05, 0) is 53.3 Å². The van der Waals surface area contributed by atoms with E-state index in [2.05, 4.69) is 15.8 Å². The molecule has 0 fully saturated rings. The van der Waals surface area contributed by atoms with Crippen LogP contribution in [0.1, 0.15) is 43.0 Å². The Kier molecular flexibility index (Phi) is 10.2. The van der Waals surface area contributed by atoms with Crippen LogP contribution >= 0.6 is 34.7 Å². The number of hydrogen-bond acceptors (Lipinski definition) is 7. The zero-order valence-corrected chi connectivity index (χ0v) is 23.3. The van der Waals surface area contributed by atoms with Crippen LogP contribution in [0.5, 0.6) is 0 Å². The lowest BCUT2D eigenvalue weighted by atomic mass is 10.1. The molecule has 3 N–H and O–H groups in total. The van der Waals surface area contributed by atoms with Crippen LogP contribution in [0, 0.1) is 6.92 Å². The molecular weight excluding hydrogens is 599 g/mol. The highest BCUT2D eigenvalue weighted by Gasteiger charge is 2.33. The maximum Gasteiger partial charge on any atom is 0.417 e. The summed E-state index contributed by atoms with van der Waals surface area (Å²) in [6, 6.07) is 9.83. The van der Waals surface area contributed by atoms with Crippen molar-refractivity contribution < 1.29 is 35.7 Å². The second-order valence-electron chi connectivity index (χ2n) is 8.05. The quantitative estimate of drug-likeness (QED) is 0.113. The van der Waals surface area contributed by atoms with Gasteiger partial charge in [0.25, 0.3) is 21.9 Å². The summed E-state index contributed by atoms with van der Waals surface area (Å²) in [6.07, 6.45) is -3.60. The molecule has 1 aromatic heterocycles. The highest BCUT2D eigenvalue weighted by atomic mass is 35.5. The van der Waals surface area contributed by atoms with Gasteiger partial charge in [0.05, 0.1) is 28.1 Å².